The number of carbonyl (C=O) groups is 4. The van der Waals surface area contributed by atoms with E-state index < -0.39 is 29.0 Å². The number of hydrogen-bond donors (Lipinski definition) is 2. The average Bonchev–Trinajstić information content (AvgIpc) is 1.97. The third-order valence-electron chi connectivity index (χ3n) is 2.66. The van der Waals surface area contributed by atoms with Crippen LogP contribution in [0.25, 0.3) is 0 Å². The van der Waals surface area contributed by atoms with Crippen LogP contribution in [-0.4, -0.2) is 23.6 Å². The largest absolute Gasteiger partial charge is 0.296 e. The highest BCUT2D eigenvalue weighted by Crippen LogP contribution is 2.41. The maximum Gasteiger partial charge on any atom is 0.242 e. The summed E-state index contributed by atoms with van der Waals surface area (Å²) in [6, 6.07) is 0. The number of amides is 4. The second-order valence-corrected chi connectivity index (χ2v) is 3.96. The molecule has 0 aromatic heterocycles. The van der Waals surface area contributed by atoms with Gasteiger partial charge < -0.3 is 0 Å². The first-order valence-electron chi connectivity index (χ1n) is 5.02. The van der Waals surface area contributed by atoms with Gasteiger partial charge in [-0.1, -0.05) is 6.42 Å². The van der Waals surface area contributed by atoms with Crippen molar-refractivity contribution in [3.8, 4) is 0 Å². The highest BCUT2D eigenvalue weighted by Gasteiger charge is 2.51. The van der Waals surface area contributed by atoms with Gasteiger partial charge in [0, 0.05) is 13.8 Å². The highest BCUT2D eigenvalue weighted by atomic mass is 16.2. The van der Waals surface area contributed by atoms with Crippen molar-refractivity contribution in [2.45, 2.75) is 33.1 Å². The van der Waals surface area contributed by atoms with Gasteiger partial charge in [0.25, 0.3) is 0 Å². The van der Waals surface area contributed by atoms with Crippen LogP contribution in [0.15, 0.2) is 0 Å². The lowest BCUT2D eigenvalue weighted by molar-refractivity contribution is -0.151. The number of rotatable bonds is 2. The molecule has 1 fully saturated rings. The van der Waals surface area contributed by atoms with Gasteiger partial charge in [0.1, 0.15) is 5.41 Å². The van der Waals surface area contributed by atoms with Gasteiger partial charge in [-0.15, -0.1) is 0 Å². The van der Waals surface area contributed by atoms with Crippen LogP contribution in [-0.2, 0) is 19.2 Å². The van der Waals surface area contributed by atoms with Crippen molar-refractivity contribution in [3.05, 3.63) is 0 Å². The SMILES string of the molecule is CC(=O)NC(=O)C1(C(=O)NC(C)=O)CCC1. The monoisotopic (exact) mass is 226 g/mol. The maximum atomic E-state index is 11.7. The van der Waals surface area contributed by atoms with Crippen LogP contribution >= 0.6 is 0 Å². The molecule has 0 unspecified atom stereocenters. The van der Waals surface area contributed by atoms with Gasteiger partial charge in [0.05, 0.1) is 0 Å². The number of hydrogen-bond acceptors (Lipinski definition) is 4. The molecule has 0 aliphatic heterocycles. The van der Waals surface area contributed by atoms with Gasteiger partial charge in [-0.05, 0) is 12.8 Å². The van der Waals surface area contributed by atoms with Gasteiger partial charge >= 0.3 is 0 Å². The lowest BCUT2D eigenvalue weighted by atomic mass is 9.67. The normalized spacial score (nSPS) is 16.9. The zero-order valence-electron chi connectivity index (χ0n) is 9.25. The molecular formula is C10H14N2O4. The highest BCUT2D eigenvalue weighted by molar-refractivity contribution is 6.13. The van der Waals surface area contributed by atoms with Crippen molar-refractivity contribution in [2.75, 3.05) is 0 Å². The van der Waals surface area contributed by atoms with Crippen LogP contribution in [0.4, 0.5) is 0 Å². The van der Waals surface area contributed by atoms with Gasteiger partial charge in [-0.25, -0.2) is 0 Å². The number of nitrogens with one attached hydrogen (secondary N) is 2. The van der Waals surface area contributed by atoms with E-state index in [-0.39, 0.29) is 0 Å². The van der Waals surface area contributed by atoms with Crippen LogP contribution < -0.4 is 10.6 Å². The van der Waals surface area contributed by atoms with Crippen LogP contribution in [0.3, 0.4) is 0 Å². The second kappa shape index (κ2) is 4.42. The molecule has 0 atom stereocenters. The standard InChI is InChI=1S/C10H14N2O4/c1-6(13)11-8(15)10(4-3-5-10)9(16)12-7(2)14/h3-5H2,1-2H3,(H,11,13,15)(H,12,14,16). The molecule has 2 N–H and O–H groups in total. The summed E-state index contributed by atoms with van der Waals surface area (Å²) in [5, 5.41) is 4.18. The first kappa shape index (κ1) is 12.4. The Morgan fingerprint density at radius 2 is 1.25 bits per heavy atom. The second-order valence-electron chi connectivity index (χ2n) is 3.96. The molecule has 0 bridgehead atoms. The van der Waals surface area contributed by atoms with E-state index in [1.165, 1.54) is 13.8 Å². The van der Waals surface area contributed by atoms with Crippen molar-refractivity contribution in [3.63, 3.8) is 0 Å². The third-order valence-corrected chi connectivity index (χ3v) is 2.66. The first-order chi connectivity index (χ1) is 7.38. The molecule has 0 heterocycles. The van der Waals surface area contributed by atoms with E-state index in [9.17, 15) is 19.2 Å². The molecule has 0 spiro atoms. The Balaban J connectivity index is 2.77. The third kappa shape index (κ3) is 2.26. The summed E-state index contributed by atoms with van der Waals surface area (Å²) in [7, 11) is 0. The predicted molar refractivity (Wildman–Crippen MR) is 53.9 cm³/mol. The Kier molecular flexibility index (Phi) is 3.41. The van der Waals surface area contributed by atoms with Gasteiger partial charge in [-0.3, -0.25) is 29.8 Å². The molecular weight excluding hydrogens is 212 g/mol. The first-order valence-corrected chi connectivity index (χ1v) is 5.02. The minimum Gasteiger partial charge on any atom is -0.296 e. The minimum atomic E-state index is -1.24. The Labute approximate surface area is 92.8 Å². The molecule has 0 aromatic rings. The number of imide groups is 2. The molecule has 0 saturated heterocycles. The molecule has 16 heavy (non-hydrogen) atoms. The van der Waals surface area contributed by atoms with Gasteiger partial charge in [0.15, 0.2) is 0 Å². The van der Waals surface area contributed by atoms with E-state index in [2.05, 4.69) is 10.6 Å². The van der Waals surface area contributed by atoms with Crippen molar-refractivity contribution in [1.82, 2.24) is 10.6 Å². The summed E-state index contributed by atoms with van der Waals surface area (Å²) in [5.41, 5.74) is -1.24. The summed E-state index contributed by atoms with van der Waals surface area (Å²) in [4.78, 5) is 44.9. The van der Waals surface area contributed by atoms with Crippen LogP contribution in [0.2, 0.25) is 0 Å². The topological polar surface area (TPSA) is 92.3 Å². The van der Waals surface area contributed by atoms with E-state index in [1.54, 1.807) is 0 Å². The Bertz CT molecular complexity index is 328. The van der Waals surface area contributed by atoms with Crippen molar-refractivity contribution in [2.24, 2.45) is 5.41 Å². The average molecular weight is 226 g/mol. The molecule has 4 amide bonds. The van der Waals surface area contributed by atoms with E-state index >= 15 is 0 Å². The lowest BCUT2D eigenvalue weighted by Crippen LogP contribution is -2.56. The molecule has 6 nitrogen and oxygen atoms in total. The summed E-state index contributed by atoms with van der Waals surface area (Å²) in [5.74, 6) is -2.26. The van der Waals surface area contributed by atoms with Crippen LogP contribution in [0.5, 0.6) is 0 Å². The predicted octanol–water partition coefficient (Wildman–Crippen LogP) is -0.518. The lowest BCUT2D eigenvalue weighted by Gasteiger charge is -2.37. The molecule has 0 aromatic carbocycles. The van der Waals surface area contributed by atoms with Crippen LogP contribution in [0, 0.1) is 5.41 Å². The molecule has 1 aliphatic carbocycles. The summed E-state index contributed by atoms with van der Waals surface area (Å²) < 4.78 is 0. The zero-order valence-corrected chi connectivity index (χ0v) is 9.25. The van der Waals surface area contributed by atoms with E-state index in [1.807, 2.05) is 0 Å². The van der Waals surface area contributed by atoms with E-state index in [0.29, 0.717) is 12.8 Å². The van der Waals surface area contributed by atoms with Crippen molar-refractivity contribution >= 4 is 23.6 Å². The van der Waals surface area contributed by atoms with Crippen LogP contribution in [0.1, 0.15) is 33.1 Å². The van der Waals surface area contributed by atoms with Crippen molar-refractivity contribution < 1.29 is 19.2 Å². The Morgan fingerprint density at radius 1 is 0.875 bits per heavy atom. The van der Waals surface area contributed by atoms with E-state index in [0.717, 1.165) is 6.42 Å². The van der Waals surface area contributed by atoms with Crippen molar-refractivity contribution in [1.29, 1.82) is 0 Å². The Morgan fingerprint density at radius 3 is 1.44 bits per heavy atom. The van der Waals surface area contributed by atoms with Gasteiger partial charge in [-0.2, -0.15) is 0 Å². The quantitative estimate of drug-likeness (QED) is 0.620. The summed E-state index contributed by atoms with van der Waals surface area (Å²) >= 11 is 0. The molecule has 1 rings (SSSR count). The number of carbonyl (C=O) groups excluding carboxylic acids is 4. The molecule has 6 heteroatoms. The fraction of sp³-hybridized carbons (Fsp3) is 0.600. The van der Waals surface area contributed by atoms with Gasteiger partial charge in [0.2, 0.25) is 23.6 Å². The Hall–Kier alpha value is -1.72. The molecule has 1 saturated carbocycles. The fourth-order valence-electron chi connectivity index (χ4n) is 1.65. The van der Waals surface area contributed by atoms with E-state index in [4.69, 9.17) is 0 Å². The maximum absolute atomic E-state index is 11.7. The molecule has 0 radical (unpaired) electrons. The minimum absolute atomic E-state index is 0.366. The molecule has 88 valence electrons. The summed E-state index contributed by atoms with van der Waals surface area (Å²) in [6.45, 7) is 2.40. The summed E-state index contributed by atoms with van der Waals surface area (Å²) in [6.07, 6.45) is 1.47. The fourth-order valence-corrected chi connectivity index (χ4v) is 1.65. The molecule has 1 aliphatic rings. The zero-order chi connectivity index (χ0) is 12.3. The smallest absolute Gasteiger partial charge is 0.242 e.